The highest BCUT2D eigenvalue weighted by Gasteiger charge is 2.11. The molecule has 0 unspecified atom stereocenters. The lowest BCUT2D eigenvalue weighted by molar-refractivity contribution is -0.132. The molecular weight excluding hydrogens is 186 g/mol. The van der Waals surface area contributed by atoms with Gasteiger partial charge in [-0.1, -0.05) is 13.0 Å². The Morgan fingerprint density at radius 3 is 2.77 bits per heavy atom. The molecule has 70 valence electrons. The lowest BCUT2D eigenvalue weighted by Crippen LogP contribution is -2.08. The van der Waals surface area contributed by atoms with E-state index in [4.69, 9.17) is 10.8 Å². The van der Waals surface area contributed by atoms with Gasteiger partial charge in [0.1, 0.15) is 0 Å². The number of nitrogens with two attached hydrogens (primary N) is 1. The van der Waals surface area contributed by atoms with Gasteiger partial charge in [-0.15, -0.1) is 11.3 Å². The average molecular weight is 197 g/mol. The molecule has 0 radical (unpaired) electrons. The topological polar surface area (TPSA) is 63.3 Å². The summed E-state index contributed by atoms with van der Waals surface area (Å²) in [5, 5.41) is 10.7. The second kappa shape index (κ2) is 4.09. The lowest BCUT2D eigenvalue weighted by atomic mass is 10.1. The number of carbonyl (C=O) groups is 1. The molecule has 3 nitrogen and oxygen atoms in total. The standard InChI is InChI=1S/C9H11NO2S/c1-2-6(9(11)12)8(10)7-4-3-5-13-7/h3-5H,2,10H2,1H3,(H,11,12). The Balaban J connectivity index is 3.09. The van der Waals surface area contributed by atoms with E-state index >= 15 is 0 Å². The van der Waals surface area contributed by atoms with E-state index in [1.807, 2.05) is 17.5 Å². The summed E-state index contributed by atoms with van der Waals surface area (Å²) in [7, 11) is 0. The van der Waals surface area contributed by atoms with Crippen LogP contribution in [0.2, 0.25) is 0 Å². The third kappa shape index (κ3) is 2.09. The maximum atomic E-state index is 10.7. The molecule has 0 aliphatic rings. The molecule has 1 heterocycles. The number of carboxylic acids is 1. The zero-order valence-electron chi connectivity index (χ0n) is 7.28. The predicted molar refractivity (Wildman–Crippen MR) is 53.4 cm³/mol. The van der Waals surface area contributed by atoms with Gasteiger partial charge >= 0.3 is 5.97 Å². The Morgan fingerprint density at radius 2 is 2.38 bits per heavy atom. The zero-order valence-corrected chi connectivity index (χ0v) is 8.10. The summed E-state index contributed by atoms with van der Waals surface area (Å²) < 4.78 is 0. The van der Waals surface area contributed by atoms with Crippen LogP contribution in [-0.4, -0.2) is 11.1 Å². The molecule has 1 rings (SSSR count). The van der Waals surface area contributed by atoms with Crippen molar-refractivity contribution in [3.05, 3.63) is 28.0 Å². The highest BCUT2D eigenvalue weighted by atomic mass is 32.1. The zero-order chi connectivity index (χ0) is 9.84. The molecule has 0 spiro atoms. The van der Waals surface area contributed by atoms with E-state index in [9.17, 15) is 4.79 Å². The quantitative estimate of drug-likeness (QED) is 0.727. The molecule has 1 aromatic rings. The van der Waals surface area contributed by atoms with Crippen molar-refractivity contribution in [1.82, 2.24) is 0 Å². The molecule has 0 amide bonds. The summed E-state index contributed by atoms with van der Waals surface area (Å²) in [6.07, 6.45) is 0.444. The molecule has 0 aliphatic heterocycles. The van der Waals surface area contributed by atoms with Crippen LogP contribution in [0.15, 0.2) is 23.1 Å². The van der Waals surface area contributed by atoms with Gasteiger partial charge in [0.25, 0.3) is 0 Å². The van der Waals surface area contributed by atoms with Crippen molar-refractivity contribution in [1.29, 1.82) is 0 Å². The third-order valence-corrected chi connectivity index (χ3v) is 2.63. The molecule has 3 N–H and O–H groups in total. The van der Waals surface area contributed by atoms with Crippen molar-refractivity contribution in [2.24, 2.45) is 5.73 Å². The SMILES string of the molecule is CCC(C(=O)O)=C(N)c1cccs1. The van der Waals surface area contributed by atoms with Gasteiger partial charge in [0, 0.05) is 0 Å². The number of carboxylic acid groups (broad SMARTS) is 1. The number of rotatable bonds is 3. The monoisotopic (exact) mass is 197 g/mol. The summed E-state index contributed by atoms with van der Waals surface area (Å²) in [4.78, 5) is 11.6. The van der Waals surface area contributed by atoms with Gasteiger partial charge in [0.15, 0.2) is 0 Å². The van der Waals surface area contributed by atoms with E-state index in [0.29, 0.717) is 12.1 Å². The number of hydrogen-bond donors (Lipinski definition) is 2. The molecular formula is C9H11NO2S. The summed E-state index contributed by atoms with van der Waals surface area (Å²) in [6.45, 7) is 1.78. The van der Waals surface area contributed by atoms with Crippen molar-refractivity contribution in [3.8, 4) is 0 Å². The first-order valence-electron chi connectivity index (χ1n) is 3.92. The largest absolute Gasteiger partial charge is 0.478 e. The van der Waals surface area contributed by atoms with Gasteiger partial charge < -0.3 is 10.8 Å². The van der Waals surface area contributed by atoms with Gasteiger partial charge in [0.05, 0.1) is 16.1 Å². The predicted octanol–water partition coefficient (Wildman–Crippen LogP) is 1.91. The number of aliphatic carboxylic acids is 1. The van der Waals surface area contributed by atoms with Crippen molar-refractivity contribution >= 4 is 23.0 Å². The van der Waals surface area contributed by atoms with E-state index in [1.165, 1.54) is 11.3 Å². The molecule has 13 heavy (non-hydrogen) atoms. The maximum absolute atomic E-state index is 10.7. The van der Waals surface area contributed by atoms with E-state index in [2.05, 4.69) is 0 Å². The Kier molecular flexibility index (Phi) is 3.08. The molecule has 0 aliphatic carbocycles. The minimum atomic E-state index is -0.937. The smallest absolute Gasteiger partial charge is 0.333 e. The van der Waals surface area contributed by atoms with Crippen LogP contribution in [0.3, 0.4) is 0 Å². The first-order chi connectivity index (χ1) is 6.16. The van der Waals surface area contributed by atoms with E-state index in [-0.39, 0.29) is 5.57 Å². The fourth-order valence-corrected chi connectivity index (χ4v) is 1.75. The first kappa shape index (κ1) is 9.80. The Morgan fingerprint density at radius 1 is 1.69 bits per heavy atom. The molecule has 0 atom stereocenters. The maximum Gasteiger partial charge on any atom is 0.333 e. The minimum Gasteiger partial charge on any atom is -0.478 e. The molecule has 0 fully saturated rings. The summed E-state index contributed by atoms with van der Waals surface area (Å²) in [5.74, 6) is -0.937. The Labute approximate surface area is 80.5 Å². The van der Waals surface area contributed by atoms with E-state index < -0.39 is 5.97 Å². The number of hydrogen-bond acceptors (Lipinski definition) is 3. The van der Waals surface area contributed by atoms with Gasteiger partial charge in [-0.3, -0.25) is 0 Å². The second-order valence-corrected chi connectivity index (χ2v) is 3.48. The Bertz CT molecular complexity index is 327. The van der Waals surface area contributed by atoms with Crippen LogP contribution in [0.4, 0.5) is 0 Å². The molecule has 0 bridgehead atoms. The van der Waals surface area contributed by atoms with Crippen molar-refractivity contribution in [2.75, 3.05) is 0 Å². The van der Waals surface area contributed by atoms with E-state index in [0.717, 1.165) is 4.88 Å². The normalized spacial score (nSPS) is 12.4. The second-order valence-electron chi connectivity index (χ2n) is 2.53. The van der Waals surface area contributed by atoms with Crippen LogP contribution in [0, 0.1) is 0 Å². The highest BCUT2D eigenvalue weighted by Crippen LogP contribution is 2.20. The number of thiophene rings is 1. The molecule has 0 aromatic carbocycles. The summed E-state index contributed by atoms with van der Waals surface area (Å²) in [5.41, 5.74) is 6.36. The van der Waals surface area contributed by atoms with Gasteiger partial charge in [-0.25, -0.2) is 4.79 Å². The van der Waals surface area contributed by atoms with E-state index in [1.54, 1.807) is 6.92 Å². The van der Waals surface area contributed by atoms with Crippen LogP contribution in [0.1, 0.15) is 18.2 Å². The molecule has 4 heteroatoms. The van der Waals surface area contributed by atoms with Gasteiger partial charge in [-0.2, -0.15) is 0 Å². The summed E-state index contributed by atoms with van der Waals surface area (Å²) in [6, 6.07) is 3.67. The average Bonchev–Trinajstić information content (AvgIpc) is 2.56. The van der Waals surface area contributed by atoms with Crippen LogP contribution in [0.5, 0.6) is 0 Å². The van der Waals surface area contributed by atoms with Crippen LogP contribution in [0.25, 0.3) is 5.70 Å². The third-order valence-electron chi connectivity index (χ3n) is 1.72. The van der Waals surface area contributed by atoms with Crippen LogP contribution in [-0.2, 0) is 4.79 Å². The van der Waals surface area contributed by atoms with Gasteiger partial charge in [0.2, 0.25) is 0 Å². The van der Waals surface area contributed by atoms with Crippen LogP contribution >= 0.6 is 11.3 Å². The van der Waals surface area contributed by atoms with Crippen molar-refractivity contribution < 1.29 is 9.90 Å². The minimum absolute atomic E-state index is 0.280. The first-order valence-corrected chi connectivity index (χ1v) is 4.80. The van der Waals surface area contributed by atoms with Crippen molar-refractivity contribution in [3.63, 3.8) is 0 Å². The fraction of sp³-hybridized carbons (Fsp3) is 0.222. The molecule has 1 aromatic heterocycles. The Hall–Kier alpha value is -1.29. The molecule has 0 saturated carbocycles. The summed E-state index contributed by atoms with van der Waals surface area (Å²) >= 11 is 1.45. The van der Waals surface area contributed by atoms with Gasteiger partial charge in [-0.05, 0) is 17.9 Å². The van der Waals surface area contributed by atoms with Crippen molar-refractivity contribution in [2.45, 2.75) is 13.3 Å². The lowest BCUT2D eigenvalue weighted by Gasteiger charge is -2.02. The fourth-order valence-electron chi connectivity index (χ4n) is 1.04. The highest BCUT2D eigenvalue weighted by molar-refractivity contribution is 7.11. The molecule has 0 saturated heterocycles. The van der Waals surface area contributed by atoms with Crippen LogP contribution < -0.4 is 5.73 Å².